The average molecular weight is 1630 g/mol. The molecule has 0 bridgehead atoms. The van der Waals surface area contributed by atoms with Gasteiger partial charge in [0.15, 0.2) is 22.9 Å². The summed E-state index contributed by atoms with van der Waals surface area (Å²) in [6, 6.07) is 32.5. The number of aromatic nitrogens is 8. The summed E-state index contributed by atoms with van der Waals surface area (Å²) in [4.78, 5) is 72.9. The maximum absolute atomic E-state index is 12.8. The smallest absolute Gasteiger partial charge is 0.374 e. The Hall–Kier alpha value is -6.93. The first-order valence-electron chi connectivity index (χ1n) is 36.7. The van der Waals surface area contributed by atoms with E-state index in [1.807, 2.05) is 107 Å². The van der Waals surface area contributed by atoms with Crippen molar-refractivity contribution in [1.82, 2.24) is 39.2 Å². The predicted octanol–water partition coefficient (Wildman–Crippen LogP) is 18.3. The molecule has 2 aromatic carbocycles. The van der Waals surface area contributed by atoms with Gasteiger partial charge in [-0.15, -0.1) is 0 Å². The van der Waals surface area contributed by atoms with E-state index in [1.165, 1.54) is 6.92 Å². The molecule has 0 unspecified atom stereocenters. The fourth-order valence-corrected chi connectivity index (χ4v) is 17.2. The van der Waals surface area contributed by atoms with Gasteiger partial charge in [0.25, 0.3) is 0 Å². The van der Waals surface area contributed by atoms with Gasteiger partial charge in [-0.2, -0.15) is 19.2 Å². The lowest BCUT2D eigenvalue weighted by molar-refractivity contribution is -0.151. The molecule has 10 rings (SSSR count). The fraction of sp³-hybridized carbons (Fsp3) is 0.487. The number of fused-ring (bicyclic) bond motifs is 2. The molecule has 2 aliphatic rings. The van der Waals surface area contributed by atoms with Gasteiger partial charge in [-0.1, -0.05) is 151 Å². The number of hydrogen-bond donors (Lipinski definition) is 1. The van der Waals surface area contributed by atoms with E-state index in [1.54, 1.807) is 6.92 Å². The number of carbonyl (C=O) groups is 4. The molecule has 2 aliphatic carbocycles. The number of benzene rings is 2. The molecular weight excluding hydrogens is 1530 g/mol. The molecule has 0 aliphatic heterocycles. The second kappa shape index (κ2) is 37.3. The summed E-state index contributed by atoms with van der Waals surface area (Å²) in [5.41, 5.74) is 11.3. The zero-order valence-corrected chi connectivity index (χ0v) is 70.9. The number of pyridine rings is 2. The van der Waals surface area contributed by atoms with E-state index in [0.29, 0.717) is 116 Å². The molecule has 0 spiro atoms. The van der Waals surface area contributed by atoms with Crippen molar-refractivity contribution < 1.29 is 52.7 Å². The number of nitrogens with zero attached hydrogens (tertiary/aromatic N) is 10. The molecule has 2 saturated carbocycles. The van der Waals surface area contributed by atoms with Gasteiger partial charge in [0.1, 0.15) is 26.9 Å². The summed E-state index contributed by atoms with van der Waals surface area (Å²) in [6.07, 6.45) is 12.2. The van der Waals surface area contributed by atoms with Crippen LogP contribution in [0.2, 0.25) is 103 Å². The molecular formula is C78H106Br2N10O11Si4. The minimum atomic E-state index is -1.36. The van der Waals surface area contributed by atoms with Gasteiger partial charge in [-0.3, -0.25) is 19.6 Å². The number of ketones is 1. The standard InChI is InChI=1S/C41H56BrN5O6Si2.C37H50BrN5O5Si2/c1-9-52-41(49)38(53-29(2)48)32-17-15-31(16-18-32)37-36(42)40(46(27-50-21-23-54(3,4)5)28-51-22-24-55(6,7)8)47-39(45-37)34(26-44-47)33-19-20-35(43-25-33)30-13-11-10-12-14-30;1-49(2,3)20-18-47-24-42(25-48-19-21-50(4,5)6)36-32(38)33(27-12-14-28(15-13-27)34(44)37(45)46)41-35-30(23-40-43(35)36)29-16-17-31(39-22-29)26-10-8-7-9-11-26/h10-14,19-20,25-26,31H,9,15-18,21-24,27-28H2,1-8H3;7-11,16-17,22-23,27-28H,12-15,18-21,24-25H2,1-6H3,(H,45,46). The molecule has 0 saturated heterocycles. The number of halogens is 2. The summed E-state index contributed by atoms with van der Waals surface area (Å²) in [7, 11) is -5.23. The Balaban J connectivity index is 0.000000244. The normalized spacial score (nSPS) is 15.8. The Morgan fingerprint density at radius 2 is 0.895 bits per heavy atom. The van der Waals surface area contributed by atoms with Crippen molar-refractivity contribution in [2.45, 2.75) is 180 Å². The van der Waals surface area contributed by atoms with Crippen LogP contribution in [0.1, 0.15) is 88.4 Å². The lowest BCUT2D eigenvalue weighted by atomic mass is 9.78. The Bertz CT molecular complexity index is 4210. The molecule has 0 atom stereocenters. The van der Waals surface area contributed by atoms with Crippen molar-refractivity contribution in [1.29, 1.82) is 0 Å². The minimum Gasteiger partial charge on any atom is -0.475 e. The molecule has 2 fully saturated rings. The summed E-state index contributed by atoms with van der Waals surface area (Å²) < 4.78 is 41.4. The van der Waals surface area contributed by atoms with E-state index in [0.717, 1.165) is 106 Å². The van der Waals surface area contributed by atoms with Crippen LogP contribution in [0.5, 0.6) is 0 Å². The zero-order valence-electron chi connectivity index (χ0n) is 63.7. The largest absolute Gasteiger partial charge is 0.475 e. The van der Waals surface area contributed by atoms with E-state index < -0.39 is 61.9 Å². The SMILES string of the molecule is CCOC(=O)C(OC(C)=O)=C1CCC(c2nc3c(-c4ccc(-c5ccccc5)nc4)cnn3c(N(COCC[Si](C)(C)C)COCC[Si](C)(C)C)c2Br)CC1.C[Si](C)(C)CCOCN(COCC[Si](C)(C)C)c1c(Br)c(C2CCC(C(=O)C(=O)O)CC2)nc2c(-c3ccc(-c4ccccc4)nc3)cnn12. The molecule has 1 N–H and O–H groups in total. The maximum atomic E-state index is 12.8. The second-order valence-corrected chi connectivity index (χ2v) is 56.2. The lowest BCUT2D eigenvalue weighted by Gasteiger charge is -2.30. The van der Waals surface area contributed by atoms with E-state index in [-0.39, 0.29) is 24.2 Å². The van der Waals surface area contributed by atoms with Gasteiger partial charge < -0.3 is 43.3 Å². The minimum absolute atomic E-state index is 0.0117. The Kier molecular flexibility index (Phi) is 29.1. The molecule has 27 heteroatoms. The fourth-order valence-electron chi connectivity index (χ4n) is 12.5. The van der Waals surface area contributed by atoms with Crippen molar-refractivity contribution in [3.8, 4) is 44.8 Å². The summed E-state index contributed by atoms with van der Waals surface area (Å²) in [5.74, 6) is -2.02. The molecule has 21 nitrogen and oxygen atoms in total. The second-order valence-electron chi connectivity index (χ2n) is 32.2. The highest BCUT2D eigenvalue weighted by Crippen LogP contribution is 2.45. The molecule has 6 aromatic heterocycles. The number of allylic oxidation sites excluding steroid dienone is 1. The number of carboxylic acid groups (broad SMARTS) is 1. The highest BCUT2D eigenvalue weighted by Gasteiger charge is 2.36. The van der Waals surface area contributed by atoms with Crippen LogP contribution >= 0.6 is 31.9 Å². The predicted molar refractivity (Wildman–Crippen MR) is 434 cm³/mol. The van der Waals surface area contributed by atoms with E-state index in [4.69, 9.17) is 58.6 Å². The summed E-state index contributed by atoms with van der Waals surface area (Å²) in [5, 5.41) is 19.1. The highest BCUT2D eigenvalue weighted by atomic mass is 79.9. The van der Waals surface area contributed by atoms with Crippen LogP contribution < -0.4 is 9.80 Å². The molecule has 0 radical (unpaired) electrons. The van der Waals surface area contributed by atoms with Gasteiger partial charge in [-0.25, -0.2) is 19.6 Å². The van der Waals surface area contributed by atoms with Crippen molar-refractivity contribution in [3.05, 3.63) is 141 Å². The number of anilines is 2. The molecule has 8 aromatic rings. The number of rotatable bonds is 33. The summed E-state index contributed by atoms with van der Waals surface area (Å²) in [6.45, 7) is 35.3. The zero-order chi connectivity index (χ0) is 75.8. The van der Waals surface area contributed by atoms with Crippen molar-refractivity contribution in [2.75, 3.05) is 69.8 Å². The number of ether oxygens (including phenoxy) is 6. The van der Waals surface area contributed by atoms with E-state index >= 15 is 0 Å². The van der Waals surface area contributed by atoms with Gasteiger partial charge in [0, 0.05) is 129 Å². The van der Waals surface area contributed by atoms with Gasteiger partial charge in [0.2, 0.25) is 11.5 Å². The maximum Gasteiger partial charge on any atom is 0.374 e. The molecule has 105 heavy (non-hydrogen) atoms. The Labute approximate surface area is 639 Å². The topological polar surface area (TPSA) is 237 Å². The Morgan fingerprint density at radius 3 is 1.23 bits per heavy atom. The van der Waals surface area contributed by atoms with Crippen LogP contribution in [0.15, 0.2) is 130 Å². The van der Waals surface area contributed by atoms with Crippen LogP contribution in [0, 0.1) is 5.92 Å². The van der Waals surface area contributed by atoms with Crippen molar-refractivity contribution in [2.24, 2.45) is 5.92 Å². The third kappa shape index (κ3) is 23.3. The number of carbonyl (C=O) groups excluding carboxylic acids is 3. The number of hydrogen-bond acceptors (Lipinski definition) is 18. The van der Waals surface area contributed by atoms with Crippen LogP contribution in [0.4, 0.5) is 11.6 Å². The summed E-state index contributed by atoms with van der Waals surface area (Å²) >= 11 is 7.96. The first kappa shape index (κ1) is 82.1. The highest BCUT2D eigenvalue weighted by molar-refractivity contribution is 9.11. The number of aliphatic carboxylic acids is 1. The quantitative estimate of drug-likeness (QED) is 0.00765. The van der Waals surface area contributed by atoms with Gasteiger partial charge in [-0.05, 0) is 132 Å². The molecule has 564 valence electrons. The third-order valence-corrected chi connectivity index (χ3v) is 27.1. The van der Waals surface area contributed by atoms with Crippen LogP contribution in [0.3, 0.4) is 0 Å². The first-order valence-corrected chi connectivity index (χ1v) is 53.1. The van der Waals surface area contributed by atoms with Gasteiger partial charge in [0.05, 0.1) is 50.7 Å². The Morgan fingerprint density at radius 1 is 0.514 bits per heavy atom. The van der Waals surface area contributed by atoms with Crippen molar-refractivity contribution >= 4 is 111 Å². The molecule has 6 heterocycles. The number of esters is 2. The first-order chi connectivity index (χ1) is 49.9. The lowest BCUT2D eigenvalue weighted by Crippen LogP contribution is -2.34. The van der Waals surface area contributed by atoms with Crippen LogP contribution in [-0.4, -0.2) is 160 Å². The van der Waals surface area contributed by atoms with Crippen LogP contribution in [-0.2, 0) is 47.6 Å². The average Bonchev–Trinajstić information content (AvgIpc) is 1.67. The number of Topliss-reactive ketones (excluding diaryl/α,β-unsaturated/α-hetero) is 1. The monoisotopic (exact) mass is 1630 g/mol. The van der Waals surface area contributed by atoms with Crippen LogP contribution in [0.25, 0.3) is 56.1 Å². The third-order valence-electron chi connectivity index (χ3n) is 18.7. The van der Waals surface area contributed by atoms with E-state index in [9.17, 15) is 24.3 Å². The number of carboxylic acids is 1. The molecule has 0 amide bonds. The van der Waals surface area contributed by atoms with Gasteiger partial charge >= 0.3 is 17.9 Å². The van der Waals surface area contributed by atoms with E-state index in [2.05, 4.69) is 132 Å². The van der Waals surface area contributed by atoms with Crippen molar-refractivity contribution in [3.63, 3.8) is 0 Å².